The number of halogens is 1. The van der Waals surface area contributed by atoms with Gasteiger partial charge in [0, 0.05) is 0 Å². The van der Waals surface area contributed by atoms with E-state index in [0.717, 1.165) is 5.52 Å². The Labute approximate surface area is 73.8 Å². The van der Waals surface area contributed by atoms with E-state index in [1.165, 1.54) is 10.7 Å². The minimum absolute atomic E-state index is 0.508. The summed E-state index contributed by atoms with van der Waals surface area (Å²) in [6, 6.07) is 7.35. The van der Waals surface area contributed by atoms with Crippen LogP contribution in [0.5, 0.6) is 0 Å². The molecule has 0 N–H and O–H groups in total. The summed E-state index contributed by atoms with van der Waals surface area (Å²) in [5, 5.41) is 13.1. The monoisotopic (exact) mass is 177 g/mol. The Kier molecular flexibility index (Phi) is 1.49. The van der Waals surface area contributed by atoms with Crippen LogP contribution in [0.1, 0.15) is 5.56 Å². The molecule has 0 aliphatic carbocycles. The van der Waals surface area contributed by atoms with Crippen molar-refractivity contribution >= 4 is 17.1 Å². The van der Waals surface area contributed by atoms with E-state index >= 15 is 0 Å². The van der Waals surface area contributed by atoms with Crippen molar-refractivity contribution in [2.45, 2.75) is 0 Å². The van der Waals surface area contributed by atoms with Crippen LogP contribution in [0.15, 0.2) is 24.4 Å². The van der Waals surface area contributed by atoms with Gasteiger partial charge in [-0.2, -0.15) is 10.4 Å². The van der Waals surface area contributed by atoms with Crippen LogP contribution in [0.3, 0.4) is 0 Å². The zero-order valence-corrected chi connectivity index (χ0v) is 6.78. The Hall–Kier alpha value is -1.53. The third-order valence-corrected chi connectivity index (χ3v) is 1.90. The molecular formula is C8H4ClN3. The molecule has 0 saturated heterocycles. The minimum atomic E-state index is 0.508. The van der Waals surface area contributed by atoms with Gasteiger partial charge in [0.15, 0.2) is 0 Å². The predicted molar refractivity (Wildman–Crippen MR) is 44.9 cm³/mol. The molecule has 0 amide bonds. The first-order chi connectivity index (χ1) is 5.83. The molecule has 0 bridgehead atoms. The van der Waals surface area contributed by atoms with E-state index in [1.807, 2.05) is 6.07 Å². The highest BCUT2D eigenvalue weighted by Gasteiger charge is 2.03. The Bertz CT molecular complexity index is 467. The van der Waals surface area contributed by atoms with Gasteiger partial charge in [0.25, 0.3) is 0 Å². The van der Waals surface area contributed by atoms with Crippen LogP contribution in [0.2, 0.25) is 5.15 Å². The number of aromatic nitrogens is 2. The minimum Gasteiger partial charge on any atom is -0.221 e. The second-order valence-electron chi connectivity index (χ2n) is 2.32. The van der Waals surface area contributed by atoms with Crippen molar-refractivity contribution in [1.29, 1.82) is 5.26 Å². The van der Waals surface area contributed by atoms with Gasteiger partial charge in [0.05, 0.1) is 17.3 Å². The van der Waals surface area contributed by atoms with E-state index in [2.05, 4.69) is 5.10 Å². The maximum atomic E-state index is 8.67. The van der Waals surface area contributed by atoms with E-state index in [1.54, 1.807) is 18.2 Å². The van der Waals surface area contributed by atoms with Crippen LogP contribution in [-0.4, -0.2) is 9.61 Å². The maximum absolute atomic E-state index is 8.67. The molecule has 0 spiro atoms. The van der Waals surface area contributed by atoms with Crippen molar-refractivity contribution in [3.8, 4) is 6.07 Å². The van der Waals surface area contributed by atoms with E-state index in [0.29, 0.717) is 10.7 Å². The number of pyridine rings is 1. The van der Waals surface area contributed by atoms with Crippen LogP contribution in [0, 0.1) is 11.3 Å². The Morgan fingerprint density at radius 3 is 3.08 bits per heavy atom. The average Bonchev–Trinajstić information content (AvgIpc) is 2.49. The average molecular weight is 178 g/mol. The third-order valence-electron chi connectivity index (χ3n) is 1.62. The molecule has 3 nitrogen and oxygen atoms in total. The molecule has 0 aliphatic heterocycles. The quantitative estimate of drug-likeness (QED) is 0.577. The summed E-state index contributed by atoms with van der Waals surface area (Å²) in [7, 11) is 0. The fraction of sp³-hybridized carbons (Fsp3) is 0. The number of nitrogens with zero attached hydrogens (tertiary/aromatic N) is 3. The van der Waals surface area contributed by atoms with E-state index in [-0.39, 0.29) is 0 Å². The highest BCUT2D eigenvalue weighted by atomic mass is 35.5. The molecule has 58 valence electrons. The summed E-state index contributed by atoms with van der Waals surface area (Å²) in [5.74, 6) is 0. The van der Waals surface area contributed by atoms with Crippen LogP contribution >= 0.6 is 11.6 Å². The van der Waals surface area contributed by atoms with Crippen LogP contribution < -0.4 is 0 Å². The first-order valence-corrected chi connectivity index (χ1v) is 3.73. The van der Waals surface area contributed by atoms with Gasteiger partial charge in [-0.15, -0.1) is 0 Å². The van der Waals surface area contributed by atoms with Crippen LogP contribution in [0.25, 0.3) is 5.52 Å². The fourth-order valence-corrected chi connectivity index (χ4v) is 1.27. The van der Waals surface area contributed by atoms with Gasteiger partial charge in [-0.1, -0.05) is 17.7 Å². The van der Waals surface area contributed by atoms with Crippen molar-refractivity contribution in [1.82, 2.24) is 9.61 Å². The van der Waals surface area contributed by atoms with Gasteiger partial charge in [-0.05, 0) is 12.1 Å². The van der Waals surface area contributed by atoms with Crippen molar-refractivity contribution < 1.29 is 0 Å². The summed E-state index contributed by atoms with van der Waals surface area (Å²) in [5.41, 5.74) is 1.28. The summed E-state index contributed by atoms with van der Waals surface area (Å²) in [6.45, 7) is 0. The molecule has 0 aliphatic rings. The van der Waals surface area contributed by atoms with Crippen LogP contribution in [0.4, 0.5) is 0 Å². The second-order valence-corrected chi connectivity index (χ2v) is 2.70. The molecule has 4 heteroatoms. The first kappa shape index (κ1) is 7.14. The highest BCUT2D eigenvalue weighted by Crippen LogP contribution is 2.14. The van der Waals surface area contributed by atoms with Gasteiger partial charge in [0.2, 0.25) is 0 Å². The van der Waals surface area contributed by atoms with E-state index < -0.39 is 0 Å². The number of hydrogen-bond acceptors (Lipinski definition) is 2. The van der Waals surface area contributed by atoms with E-state index in [9.17, 15) is 0 Å². The van der Waals surface area contributed by atoms with Crippen molar-refractivity contribution in [2.24, 2.45) is 0 Å². The van der Waals surface area contributed by atoms with Crippen molar-refractivity contribution in [3.63, 3.8) is 0 Å². The molecule has 0 aromatic carbocycles. The molecule has 2 aromatic heterocycles. The van der Waals surface area contributed by atoms with Crippen molar-refractivity contribution in [3.05, 3.63) is 35.1 Å². The first-order valence-electron chi connectivity index (χ1n) is 3.35. The number of rotatable bonds is 0. The second kappa shape index (κ2) is 2.50. The predicted octanol–water partition coefficient (Wildman–Crippen LogP) is 1.86. The molecule has 0 atom stereocenters. The molecule has 2 rings (SSSR count). The van der Waals surface area contributed by atoms with Crippen molar-refractivity contribution in [2.75, 3.05) is 0 Å². The topological polar surface area (TPSA) is 41.1 Å². The molecule has 12 heavy (non-hydrogen) atoms. The molecule has 0 saturated carbocycles. The normalized spacial score (nSPS) is 10.0. The lowest BCUT2D eigenvalue weighted by Crippen LogP contribution is -1.86. The number of nitriles is 1. The summed E-state index contributed by atoms with van der Waals surface area (Å²) in [4.78, 5) is 0. The largest absolute Gasteiger partial charge is 0.221 e. The van der Waals surface area contributed by atoms with E-state index in [4.69, 9.17) is 16.9 Å². The Morgan fingerprint density at radius 1 is 1.50 bits per heavy atom. The number of hydrogen-bond donors (Lipinski definition) is 0. The lowest BCUT2D eigenvalue weighted by atomic mass is 10.3. The van der Waals surface area contributed by atoms with Gasteiger partial charge >= 0.3 is 0 Å². The van der Waals surface area contributed by atoms with Gasteiger partial charge < -0.3 is 0 Å². The highest BCUT2D eigenvalue weighted by molar-refractivity contribution is 6.29. The fourth-order valence-electron chi connectivity index (χ4n) is 1.06. The smallest absolute Gasteiger partial charge is 0.131 e. The number of fused-ring (bicyclic) bond motifs is 1. The SMILES string of the molecule is N#Cc1cnn2c(Cl)cccc12. The lowest BCUT2D eigenvalue weighted by Gasteiger charge is -1.94. The molecule has 0 unspecified atom stereocenters. The Balaban J connectivity index is 2.91. The molecular weight excluding hydrogens is 174 g/mol. The zero-order valence-electron chi connectivity index (χ0n) is 6.03. The lowest BCUT2D eigenvalue weighted by molar-refractivity contribution is 0.962. The maximum Gasteiger partial charge on any atom is 0.131 e. The molecule has 2 heterocycles. The van der Waals surface area contributed by atoms with Gasteiger partial charge in [-0.3, -0.25) is 0 Å². The summed E-state index contributed by atoms with van der Waals surface area (Å²) in [6.07, 6.45) is 1.50. The molecule has 0 radical (unpaired) electrons. The Morgan fingerprint density at radius 2 is 2.33 bits per heavy atom. The molecule has 2 aromatic rings. The third kappa shape index (κ3) is 0.858. The molecule has 0 fully saturated rings. The summed E-state index contributed by atoms with van der Waals surface area (Å²) < 4.78 is 1.53. The van der Waals surface area contributed by atoms with Gasteiger partial charge in [0.1, 0.15) is 11.2 Å². The van der Waals surface area contributed by atoms with Crippen LogP contribution in [-0.2, 0) is 0 Å². The van der Waals surface area contributed by atoms with Gasteiger partial charge in [-0.25, -0.2) is 4.52 Å². The zero-order chi connectivity index (χ0) is 8.55. The summed E-state index contributed by atoms with van der Waals surface area (Å²) >= 11 is 5.82. The standard InChI is InChI=1S/C8H4ClN3/c9-8-3-1-2-7-6(4-10)5-11-12(7)8/h1-3,5H.